The van der Waals surface area contributed by atoms with Gasteiger partial charge in [-0.3, -0.25) is 0 Å². The number of hydrogen-bond donors (Lipinski definition) is 1. The Hall–Kier alpha value is -1.39. The van der Waals surface area contributed by atoms with E-state index in [-0.39, 0.29) is 5.69 Å². The molecule has 15 heavy (non-hydrogen) atoms. The van der Waals surface area contributed by atoms with Crippen molar-refractivity contribution in [3.8, 4) is 0 Å². The van der Waals surface area contributed by atoms with E-state index in [1.54, 1.807) is 10.9 Å². The maximum Gasteiger partial charge on any atom is 0.358 e. The topological polar surface area (TPSA) is 68.0 Å². The summed E-state index contributed by atoms with van der Waals surface area (Å²) in [5, 5.41) is 16.3. The van der Waals surface area contributed by atoms with E-state index >= 15 is 0 Å². The molecule has 0 radical (unpaired) electrons. The molecule has 0 bridgehead atoms. The van der Waals surface area contributed by atoms with Gasteiger partial charge in [-0.15, -0.1) is 5.10 Å². The third-order valence-electron chi connectivity index (χ3n) is 2.93. The van der Waals surface area contributed by atoms with Crippen molar-refractivity contribution >= 4 is 5.97 Å². The van der Waals surface area contributed by atoms with Crippen LogP contribution in [-0.2, 0) is 0 Å². The highest BCUT2D eigenvalue weighted by Gasteiger charge is 2.17. The van der Waals surface area contributed by atoms with Crippen LogP contribution in [0.5, 0.6) is 0 Å². The zero-order valence-electron chi connectivity index (χ0n) is 8.59. The van der Waals surface area contributed by atoms with Gasteiger partial charge in [0.25, 0.3) is 0 Å². The molecule has 0 aromatic carbocycles. The molecule has 2 rings (SSSR count). The van der Waals surface area contributed by atoms with E-state index in [1.165, 1.54) is 25.7 Å². The Morgan fingerprint density at radius 3 is 2.53 bits per heavy atom. The van der Waals surface area contributed by atoms with Gasteiger partial charge in [0, 0.05) is 0 Å². The van der Waals surface area contributed by atoms with E-state index in [4.69, 9.17) is 5.11 Å². The fraction of sp³-hybridized carbons (Fsp3) is 0.700. The van der Waals surface area contributed by atoms with Crippen LogP contribution in [-0.4, -0.2) is 26.1 Å². The van der Waals surface area contributed by atoms with Crippen LogP contribution in [0.4, 0.5) is 0 Å². The number of carboxylic acid groups (broad SMARTS) is 1. The first-order chi connectivity index (χ1) is 7.27. The van der Waals surface area contributed by atoms with Crippen molar-refractivity contribution in [2.75, 3.05) is 0 Å². The summed E-state index contributed by atoms with van der Waals surface area (Å²) in [6, 6.07) is 0.341. The van der Waals surface area contributed by atoms with E-state index in [0.29, 0.717) is 6.04 Å². The summed E-state index contributed by atoms with van der Waals surface area (Å²) in [5.41, 5.74) is 0.0410. The Morgan fingerprint density at radius 1 is 1.33 bits per heavy atom. The molecule has 1 aliphatic carbocycles. The van der Waals surface area contributed by atoms with Gasteiger partial charge in [-0.2, -0.15) is 0 Å². The molecule has 5 heteroatoms. The summed E-state index contributed by atoms with van der Waals surface area (Å²) in [6.07, 6.45) is 8.66. The number of carbonyl (C=O) groups is 1. The number of hydrogen-bond acceptors (Lipinski definition) is 3. The van der Waals surface area contributed by atoms with E-state index in [1.807, 2.05) is 0 Å². The lowest BCUT2D eigenvalue weighted by Gasteiger charge is -2.12. The third-order valence-corrected chi connectivity index (χ3v) is 2.93. The van der Waals surface area contributed by atoms with Crippen molar-refractivity contribution < 1.29 is 9.90 Å². The van der Waals surface area contributed by atoms with Crippen LogP contribution in [0.25, 0.3) is 0 Å². The van der Waals surface area contributed by atoms with Gasteiger partial charge in [-0.05, 0) is 12.8 Å². The van der Waals surface area contributed by atoms with E-state index in [2.05, 4.69) is 10.3 Å². The molecule has 0 unspecified atom stereocenters. The predicted molar refractivity (Wildman–Crippen MR) is 53.7 cm³/mol. The fourth-order valence-electron chi connectivity index (χ4n) is 2.08. The lowest BCUT2D eigenvalue weighted by molar-refractivity contribution is 0.0690. The standard InChI is InChI=1S/C10H15N3O2/c14-10(15)9-7-13(12-11-9)8-5-3-1-2-4-6-8/h7-8H,1-6H2,(H,14,15). The van der Waals surface area contributed by atoms with Crippen LogP contribution < -0.4 is 0 Å². The van der Waals surface area contributed by atoms with Gasteiger partial charge in [0.2, 0.25) is 0 Å². The third kappa shape index (κ3) is 2.34. The van der Waals surface area contributed by atoms with Crippen LogP contribution in [0.3, 0.4) is 0 Å². The molecular weight excluding hydrogens is 194 g/mol. The van der Waals surface area contributed by atoms with Gasteiger partial charge in [0.15, 0.2) is 5.69 Å². The van der Waals surface area contributed by atoms with E-state index < -0.39 is 5.97 Å². The van der Waals surface area contributed by atoms with Crippen molar-refractivity contribution in [3.05, 3.63) is 11.9 Å². The first-order valence-corrected chi connectivity index (χ1v) is 5.42. The molecule has 1 heterocycles. The highest BCUT2D eigenvalue weighted by Crippen LogP contribution is 2.26. The summed E-state index contributed by atoms with van der Waals surface area (Å²) < 4.78 is 1.72. The number of nitrogens with zero attached hydrogens (tertiary/aromatic N) is 3. The molecule has 0 amide bonds. The highest BCUT2D eigenvalue weighted by molar-refractivity contribution is 5.84. The lowest BCUT2D eigenvalue weighted by atomic mass is 10.1. The average molecular weight is 209 g/mol. The second-order valence-corrected chi connectivity index (χ2v) is 4.03. The minimum Gasteiger partial charge on any atom is -0.476 e. The van der Waals surface area contributed by atoms with Gasteiger partial charge < -0.3 is 5.11 Å². The van der Waals surface area contributed by atoms with Gasteiger partial charge in [-0.25, -0.2) is 9.48 Å². The Morgan fingerprint density at radius 2 is 2.00 bits per heavy atom. The molecule has 1 aromatic heterocycles. The molecule has 0 atom stereocenters. The molecule has 1 aliphatic rings. The maximum atomic E-state index is 10.6. The zero-order chi connectivity index (χ0) is 10.7. The zero-order valence-corrected chi connectivity index (χ0v) is 8.59. The summed E-state index contributed by atoms with van der Waals surface area (Å²) in [5.74, 6) is -1.00. The van der Waals surface area contributed by atoms with E-state index in [0.717, 1.165) is 12.8 Å². The Balaban J connectivity index is 2.10. The molecule has 1 fully saturated rings. The molecule has 0 spiro atoms. The van der Waals surface area contributed by atoms with Gasteiger partial charge in [-0.1, -0.05) is 30.9 Å². The highest BCUT2D eigenvalue weighted by atomic mass is 16.4. The molecule has 82 valence electrons. The van der Waals surface area contributed by atoms with Crippen LogP contribution >= 0.6 is 0 Å². The fourth-order valence-corrected chi connectivity index (χ4v) is 2.08. The minimum atomic E-state index is -1.00. The molecule has 5 nitrogen and oxygen atoms in total. The molecule has 1 aromatic rings. The normalized spacial score (nSPS) is 18.7. The molecular formula is C10H15N3O2. The lowest BCUT2D eigenvalue weighted by Crippen LogP contribution is -2.08. The summed E-state index contributed by atoms with van der Waals surface area (Å²) in [4.78, 5) is 10.6. The number of aromatic nitrogens is 3. The molecule has 1 N–H and O–H groups in total. The summed E-state index contributed by atoms with van der Waals surface area (Å²) in [6.45, 7) is 0. The van der Waals surface area contributed by atoms with Crippen molar-refractivity contribution in [1.29, 1.82) is 0 Å². The first-order valence-electron chi connectivity index (χ1n) is 5.42. The van der Waals surface area contributed by atoms with Crippen molar-refractivity contribution in [1.82, 2.24) is 15.0 Å². The Kier molecular flexibility index (Phi) is 2.99. The van der Waals surface area contributed by atoms with E-state index in [9.17, 15) is 4.79 Å². The molecule has 1 saturated carbocycles. The van der Waals surface area contributed by atoms with Crippen molar-refractivity contribution in [2.45, 2.75) is 44.6 Å². The summed E-state index contributed by atoms with van der Waals surface area (Å²) in [7, 11) is 0. The van der Waals surface area contributed by atoms with Gasteiger partial charge in [0.1, 0.15) is 0 Å². The maximum absolute atomic E-state index is 10.6. The van der Waals surface area contributed by atoms with Crippen molar-refractivity contribution in [2.24, 2.45) is 0 Å². The van der Waals surface area contributed by atoms with Crippen LogP contribution in [0.1, 0.15) is 55.1 Å². The second-order valence-electron chi connectivity index (χ2n) is 4.03. The summed E-state index contributed by atoms with van der Waals surface area (Å²) >= 11 is 0. The Bertz CT molecular complexity index is 340. The van der Waals surface area contributed by atoms with Crippen LogP contribution in [0.15, 0.2) is 6.20 Å². The average Bonchev–Trinajstić information content (AvgIpc) is 2.55. The van der Waals surface area contributed by atoms with Gasteiger partial charge >= 0.3 is 5.97 Å². The molecule has 0 aliphatic heterocycles. The van der Waals surface area contributed by atoms with Crippen LogP contribution in [0, 0.1) is 0 Å². The first kappa shape index (κ1) is 10.1. The van der Waals surface area contributed by atoms with Crippen molar-refractivity contribution in [3.63, 3.8) is 0 Å². The van der Waals surface area contributed by atoms with Crippen LogP contribution in [0.2, 0.25) is 0 Å². The predicted octanol–water partition coefficient (Wildman–Crippen LogP) is 1.87. The smallest absolute Gasteiger partial charge is 0.358 e. The monoisotopic (exact) mass is 209 g/mol. The number of aromatic carboxylic acids is 1. The quantitative estimate of drug-likeness (QED) is 0.755. The van der Waals surface area contributed by atoms with Gasteiger partial charge in [0.05, 0.1) is 12.2 Å². The SMILES string of the molecule is O=C(O)c1cn(C2CCCCCC2)nn1. The number of carboxylic acids is 1. The molecule has 0 saturated heterocycles. The Labute approximate surface area is 88.1 Å². The minimum absolute atomic E-state index is 0.0410. The number of rotatable bonds is 2. The second kappa shape index (κ2) is 4.42. The largest absolute Gasteiger partial charge is 0.476 e.